The Labute approximate surface area is 135 Å². The number of hydrogen-bond donors (Lipinski definition) is 0. The van der Waals surface area contributed by atoms with Crippen LogP contribution in [0.15, 0.2) is 65.6 Å². The molecule has 0 fully saturated rings. The summed E-state index contributed by atoms with van der Waals surface area (Å²) in [5, 5.41) is 1.52. The number of nitrogens with zero attached hydrogens (tertiary/aromatic N) is 1. The molecular formula is C17H12INO2. The van der Waals surface area contributed by atoms with Gasteiger partial charge in [0.15, 0.2) is 5.78 Å². The number of benzene rings is 2. The molecule has 0 atom stereocenters. The van der Waals surface area contributed by atoms with Crippen molar-refractivity contribution in [3.05, 3.63) is 80.3 Å². The highest BCUT2D eigenvalue weighted by Crippen LogP contribution is 2.10. The number of fused-ring (bicyclic) bond motifs is 1. The van der Waals surface area contributed by atoms with Gasteiger partial charge in [-0.1, -0.05) is 30.3 Å². The number of rotatable bonds is 3. The second-order valence-electron chi connectivity index (χ2n) is 4.77. The van der Waals surface area contributed by atoms with E-state index in [9.17, 15) is 9.59 Å². The fraction of sp³-hybridized carbons (Fsp3) is 0.0588. The summed E-state index contributed by atoms with van der Waals surface area (Å²) in [4.78, 5) is 24.6. The second-order valence-corrected chi connectivity index (χ2v) is 6.01. The highest BCUT2D eigenvalue weighted by Gasteiger charge is 2.09. The molecule has 3 rings (SSSR count). The molecule has 0 spiro atoms. The van der Waals surface area contributed by atoms with Crippen LogP contribution in [0, 0.1) is 3.57 Å². The Morgan fingerprint density at radius 3 is 2.48 bits per heavy atom. The third-order valence-electron chi connectivity index (χ3n) is 3.37. The molecule has 104 valence electrons. The summed E-state index contributed by atoms with van der Waals surface area (Å²) in [5.41, 5.74) is 0.488. The first-order valence-electron chi connectivity index (χ1n) is 6.52. The molecule has 0 aliphatic carbocycles. The van der Waals surface area contributed by atoms with Crippen molar-refractivity contribution in [1.29, 1.82) is 0 Å². The van der Waals surface area contributed by atoms with Crippen LogP contribution >= 0.6 is 22.6 Å². The van der Waals surface area contributed by atoms with E-state index in [1.807, 2.05) is 36.4 Å². The molecule has 1 heterocycles. The Morgan fingerprint density at radius 2 is 1.71 bits per heavy atom. The minimum absolute atomic E-state index is 0.0598. The monoisotopic (exact) mass is 389 g/mol. The molecule has 21 heavy (non-hydrogen) atoms. The first-order chi connectivity index (χ1) is 10.1. The van der Waals surface area contributed by atoms with Crippen LogP contribution in [0.3, 0.4) is 0 Å². The molecule has 0 saturated heterocycles. The summed E-state index contributed by atoms with van der Waals surface area (Å²) >= 11 is 2.19. The number of carbonyl (C=O) groups is 1. The number of aromatic nitrogens is 1. The highest BCUT2D eigenvalue weighted by atomic mass is 127. The van der Waals surface area contributed by atoms with Crippen molar-refractivity contribution in [1.82, 2.24) is 4.57 Å². The van der Waals surface area contributed by atoms with E-state index in [0.717, 1.165) is 8.96 Å². The van der Waals surface area contributed by atoms with Crippen LogP contribution in [0.1, 0.15) is 10.4 Å². The maximum Gasteiger partial charge on any atom is 0.258 e. The molecule has 0 bridgehead atoms. The lowest BCUT2D eigenvalue weighted by molar-refractivity contribution is 0.0971. The van der Waals surface area contributed by atoms with Gasteiger partial charge in [-0.2, -0.15) is 0 Å². The number of hydrogen-bond acceptors (Lipinski definition) is 2. The summed E-state index contributed by atoms with van der Waals surface area (Å²) < 4.78 is 2.54. The van der Waals surface area contributed by atoms with Gasteiger partial charge in [0.25, 0.3) is 5.56 Å². The zero-order chi connectivity index (χ0) is 14.8. The first-order valence-corrected chi connectivity index (χ1v) is 7.60. The summed E-state index contributed by atoms with van der Waals surface area (Å²) in [6.07, 6.45) is 1.68. The Hall–Kier alpha value is -1.95. The summed E-state index contributed by atoms with van der Waals surface area (Å²) in [5.74, 6) is -0.0659. The lowest BCUT2D eigenvalue weighted by Crippen LogP contribution is -2.23. The maximum atomic E-state index is 12.4. The van der Waals surface area contributed by atoms with Crippen LogP contribution in [0.5, 0.6) is 0 Å². The average molecular weight is 389 g/mol. The van der Waals surface area contributed by atoms with E-state index in [1.54, 1.807) is 24.4 Å². The van der Waals surface area contributed by atoms with Crippen LogP contribution in [0.2, 0.25) is 0 Å². The third-order valence-corrected chi connectivity index (χ3v) is 4.09. The Morgan fingerprint density at radius 1 is 1.00 bits per heavy atom. The summed E-state index contributed by atoms with van der Waals surface area (Å²) in [6, 6.07) is 16.6. The van der Waals surface area contributed by atoms with Gasteiger partial charge in [-0.3, -0.25) is 9.59 Å². The molecule has 2 aromatic carbocycles. The van der Waals surface area contributed by atoms with Gasteiger partial charge in [0.2, 0.25) is 0 Å². The standard InChI is InChI=1S/C17H12INO2/c18-14-7-5-13(6-8-14)16(20)11-19-10-9-12-3-1-2-4-15(12)17(19)21/h1-10H,11H2. The van der Waals surface area contributed by atoms with E-state index >= 15 is 0 Å². The summed E-state index contributed by atoms with van der Waals surface area (Å²) in [7, 11) is 0. The van der Waals surface area contributed by atoms with E-state index in [4.69, 9.17) is 0 Å². The van der Waals surface area contributed by atoms with Gasteiger partial charge in [-0.25, -0.2) is 0 Å². The van der Waals surface area contributed by atoms with Gasteiger partial charge < -0.3 is 4.57 Å². The zero-order valence-corrected chi connectivity index (χ0v) is 13.3. The smallest absolute Gasteiger partial charge is 0.258 e. The van der Waals surface area contributed by atoms with Crippen molar-refractivity contribution < 1.29 is 4.79 Å². The molecule has 0 N–H and O–H groups in total. The largest absolute Gasteiger partial charge is 0.307 e. The van der Waals surface area contributed by atoms with Gasteiger partial charge >= 0.3 is 0 Å². The summed E-state index contributed by atoms with van der Waals surface area (Å²) in [6.45, 7) is 0.0598. The number of halogens is 1. The normalized spacial score (nSPS) is 10.7. The minimum atomic E-state index is -0.132. The van der Waals surface area contributed by atoms with Crippen molar-refractivity contribution in [2.75, 3.05) is 0 Å². The van der Waals surface area contributed by atoms with Gasteiger partial charge in [0, 0.05) is 20.7 Å². The predicted molar refractivity (Wildman–Crippen MR) is 91.7 cm³/mol. The molecular weight excluding hydrogens is 377 g/mol. The SMILES string of the molecule is O=C(Cn1ccc2ccccc2c1=O)c1ccc(I)cc1. The fourth-order valence-electron chi connectivity index (χ4n) is 2.24. The third kappa shape index (κ3) is 2.90. The molecule has 0 radical (unpaired) electrons. The molecule has 0 unspecified atom stereocenters. The Balaban J connectivity index is 1.95. The second kappa shape index (κ2) is 5.81. The van der Waals surface area contributed by atoms with E-state index in [1.165, 1.54) is 4.57 Å². The molecule has 3 aromatic rings. The van der Waals surface area contributed by atoms with Crippen LogP contribution < -0.4 is 5.56 Å². The van der Waals surface area contributed by atoms with Crippen LogP contribution in [0.25, 0.3) is 10.8 Å². The van der Waals surface area contributed by atoms with Crippen LogP contribution in [-0.4, -0.2) is 10.4 Å². The van der Waals surface area contributed by atoms with E-state index in [0.29, 0.717) is 10.9 Å². The topological polar surface area (TPSA) is 39.1 Å². The van der Waals surface area contributed by atoms with Crippen molar-refractivity contribution in [2.45, 2.75) is 6.54 Å². The molecule has 0 aliphatic heterocycles. The average Bonchev–Trinajstić information content (AvgIpc) is 2.51. The first kappa shape index (κ1) is 14.0. The van der Waals surface area contributed by atoms with Gasteiger partial charge in [0.1, 0.15) is 0 Å². The van der Waals surface area contributed by atoms with Gasteiger partial charge in [0.05, 0.1) is 6.54 Å². The van der Waals surface area contributed by atoms with E-state index in [2.05, 4.69) is 22.6 Å². The minimum Gasteiger partial charge on any atom is -0.307 e. The Kier molecular flexibility index (Phi) is 3.88. The van der Waals surface area contributed by atoms with E-state index in [-0.39, 0.29) is 17.9 Å². The quantitative estimate of drug-likeness (QED) is 0.508. The van der Waals surface area contributed by atoms with E-state index < -0.39 is 0 Å². The van der Waals surface area contributed by atoms with Gasteiger partial charge in [-0.15, -0.1) is 0 Å². The zero-order valence-electron chi connectivity index (χ0n) is 11.1. The Bertz CT molecular complexity index is 866. The number of carbonyl (C=O) groups excluding carboxylic acids is 1. The van der Waals surface area contributed by atoms with Crippen molar-refractivity contribution >= 4 is 39.1 Å². The van der Waals surface area contributed by atoms with Crippen molar-refractivity contribution in [2.24, 2.45) is 0 Å². The van der Waals surface area contributed by atoms with Crippen molar-refractivity contribution in [3.8, 4) is 0 Å². The molecule has 3 nitrogen and oxygen atoms in total. The lowest BCUT2D eigenvalue weighted by atomic mass is 10.1. The van der Waals surface area contributed by atoms with Crippen LogP contribution in [0.4, 0.5) is 0 Å². The number of pyridine rings is 1. The van der Waals surface area contributed by atoms with Gasteiger partial charge in [-0.05, 0) is 52.2 Å². The highest BCUT2D eigenvalue weighted by molar-refractivity contribution is 14.1. The number of Topliss-reactive ketones (excluding diaryl/α,β-unsaturated/α-hetero) is 1. The van der Waals surface area contributed by atoms with Crippen LogP contribution in [-0.2, 0) is 6.54 Å². The molecule has 0 aliphatic rings. The fourth-order valence-corrected chi connectivity index (χ4v) is 2.60. The lowest BCUT2D eigenvalue weighted by Gasteiger charge is -2.07. The molecule has 0 saturated carbocycles. The maximum absolute atomic E-state index is 12.4. The number of ketones is 1. The predicted octanol–water partition coefficient (Wildman–Crippen LogP) is 3.49. The molecule has 0 amide bonds. The molecule has 1 aromatic heterocycles. The van der Waals surface area contributed by atoms with Crippen molar-refractivity contribution in [3.63, 3.8) is 0 Å². The molecule has 4 heteroatoms.